The molecule has 1 aromatic carbocycles. The Morgan fingerprint density at radius 1 is 1.30 bits per heavy atom. The molecule has 6 nitrogen and oxygen atoms in total. The van der Waals surface area contributed by atoms with Crippen LogP contribution in [0.15, 0.2) is 29.2 Å². The van der Waals surface area contributed by atoms with Gasteiger partial charge in [-0.3, -0.25) is 14.4 Å². The second kappa shape index (κ2) is 7.50. The van der Waals surface area contributed by atoms with Crippen molar-refractivity contribution in [3.05, 3.63) is 29.8 Å². The maximum Gasteiger partial charge on any atom is 0.306 e. The van der Waals surface area contributed by atoms with E-state index in [0.717, 1.165) is 6.42 Å². The lowest BCUT2D eigenvalue weighted by Gasteiger charge is -2.15. The van der Waals surface area contributed by atoms with Crippen LogP contribution in [-0.2, 0) is 14.3 Å². The molecule has 0 radical (unpaired) electrons. The minimum atomic E-state index is -0.900. The van der Waals surface area contributed by atoms with Crippen molar-refractivity contribution in [2.24, 2.45) is 5.73 Å². The van der Waals surface area contributed by atoms with E-state index in [1.54, 1.807) is 24.3 Å². The molecule has 3 N–H and O–H groups in total. The lowest BCUT2D eigenvalue weighted by molar-refractivity contribution is -0.141. The van der Waals surface area contributed by atoms with Gasteiger partial charge in [0.25, 0.3) is 5.91 Å². The van der Waals surface area contributed by atoms with Gasteiger partial charge in [0, 0.05) is 11.3 Å². The Bertz CT molecular complexity index is 614. The van der Waals surface area contributed by atoms with Crippen LogP contribution in [0.5, 0.6) is 0 Å². The zero-order valence-electron chi connectivity index (χ0n) is 13.0. The molecule has 2 rings (SSSR count). The third-order valence-electron chi connectivity index (χ3n) is 3.59. The molecule has 0 spiro atoms. The third kappa shape index (κ3) is 4.48. The molecule has 0 aromatic heterocycles. The van der Waals surface area contributed by atoms with Gasteiger partial charge in [-0.15, -0.1) is 0 Å². The number of amides is 2. The molecule has 7 heteroatoms. The van der Waals surface area contributed by atoms with E-state index in [1.807, 2.05) is 6.92 Å². The predicted octanol–water partition coefficient (Wildman–Crippen LogP) is 1.83. The fraction of sp³-hybridized carbons (Fsp3) is 0.438. The minimum absolute atomic E-state index is 0.143. The number of nitrogens with two attached hydrogens (primary N) is 1. The first-order valence-corrected chi connectivity index (χ1v) is 8.47. The number of benzene rings is 1. The molecule has 124 valence electrons. The van der Waals surface area contributed by atoms with Gasteiger partial charge in [-0.05, 0) is 31.4 Å². The summed E-state index contributed by atoms with van der Waals surface area (Å²) in [6.45, 7) is 1.90. The smallest absolute Gasteiger partial charge is 0.306 e. The van der Waals surface area contributed by atoms with Crippen LogP contribution in [-0.4, -0.2) is 29.3 Å². The number of carbonyl (C=O) groups is 3. The summed E-state index contributed by atoms with van der Waals surface area (Å²) in [5.74, 6) is -0.967. The molecule has 0 unspecified atom stereocenters. The van der Waals surface area contributed by atoms with Gasteiger partial charge in [-0.2, -0.15) is 0 Å². The molecule has 1 saturated carbocycles. The Labute approximate surface area is 139 Å². The molecule has 1 aliphatic rings. The number of esters is 1. The average Bonchev–Trinajstić information content (AvgIpc) is 3.29. The van der Waals surface area contributed by atoms with E-state index in [-0.39, 0.29) is 17.8 Å². The highest BCUT2D eigenvalue weighted by molar-refractivity contribution is 7.99. The van der Waals surface area contributed by atoms with E-state index in [2.05, 4.69) is 5.32 Å². The summed E-state index contributed by atoms with van der Waals surface area (Å²) in [4.78, 5) is 35.8. The van der Waals surface area contributed by atoms with Gasteiger partial charge in [0.15, 0.2) is 0 Å². The van der Waals surface area contributed by atoms with Crippen LogP contribution in [0.4, 0.5) is 0 Å². The van der Waals surface area contributed by atoms with E-state index in [0.29, 0.717) is 29.7 Å². The van der Waals surface area contributed by atoms with Gasteiger partial charge < -0.3 is 15.8 Å². The molecular formula is C16H20N2O4S. The van der Waals surface area contributed by atoms with Crippen LogP contribution in [0.1, 0.15) is 43.0 Å². The molecule has 0 heterocycles. The summed E-state index contributed by atoms with van der Waals surface area (Å²) in [5, 5.41) is 2.71. The Morgan fingerprint density at radius 3 is 2.61 bits per heavy atom. The lowest BCUT2D eigenvalue weighted by Crippen LogP contribution is -2.46. The second-order valence-electron chi connectivity index (χ2n) is 5.43. The Hall–Kier alpha value is -2.02. The van der Waals surface area contributed by atoms with E-state index >= 15 is 0 Å². The van der Waals surface area contributed by atoms with Gasteiger partial charge in [0.1, 0.15) is 11.5 Å². The molecule has 0 bridgehead atoms. The Balaban J connectivity index is 1.98. The van der Waals surface area contributed by atoms with Gasteiger partial charge >= 0.3 is 5.97 Å². The van der Waals surface area contributed by atoms with Crippen LogP contribution in [0.2, 0.25) is 0 Å². The SMILES string of the molecule is CCCC(=O)OCSc1ccccc1C(=O)NC1(C(N)=O)CC1. The van der Waals surface area contributed by atoms with Crippen molar-refractivity contribution >= 4 is 29.5 Å². The number of thioether (sulfide) groups is 1. The highest BCUT2D eigenvalue weighted by Gasteiger charge is 2.50. The number of carbonyl (C=O) groups excluding carboxylic acids is 3. The number of primary amides is 1. The van der Waals surface area contributed by atoms with E-state index in [4.69, 9.17) is 10.5 Å². The van der Waals surface area contributed by atoms with E-state index in [9.17, 15) is 14.4 Å². The van der Waals surface area contributed by atoms with Gasteiger partial charge in [0.05, 0.1) is 5.56 Å². The first kappa shape index (κ1) is 17.3. The first-order valence-electron chi connectivity index (χ1n) is 7.48. The molecule has 1 aliphatic carbocycles. The summed E-state index contributed by atoms with van der Waals surface area (Å²) >= 11 is 1.26. The second-order valence-corrected chi connectivity index (χ2v) is 6.39. The number of ether oxygens (including phenoxy) is 1. The molecule has 1 aromatic rings. The highest BCUT2D eigenvalue weighted by Crippen LogP contribution is 2.35. The highest BCUT2D eigenvalue weighted by atomic mass is 32.2. The zero-order valence-corrected chi connectivity index (χ0v) is 13.8. The van der Waals surface area contributed by atoms with Crippen molar-refractivity contribution in [1.82, 2.24) is 5.32 Å². The monoisotopic (exact) mass is 336 g/mol. The van der Waals surface area contributed by atoms with Crippen molar-refractivity contribution < 1.29 is 19.1 Å². The summed E-state index contributed by atoms with van der Waals surface area (Å²) in [6.07, 6.45) is 2.25. The van der Waals surface area contributed by atoms with E-state index in [1.165, 1.54) is 11.8 Å². The molecule has 0 saturated heterocycles. The quantitative estimate of drug-likeness (QED) is 0.429. The zero-order chi connectivity index (χ0) is 16.9. The van der Waals surface area contributed by atoms with E-state index < -0.39 is 11.4 Å². The molecule has 23 heavy (non-hydrogen) atoms. The van der Waals surface area contributed by atoms with Crippen molar-refractivity contribution in [3.8, 4) is 0 Å². The van der Waals surface area contributed by atoms with Gasteiger partial charge in [0.2, 0.25) is 5.91 Å². The molecular weight excluding hydrogens is 316 g/mol. The topological polar surface area (TPSA) is 98.5 Å². The number of hydrogen-bond donors (Lipinski definition) is 2. The Morgan fingerprint density at radius 2 is 2.00 bits per heavy atom. The fourth-order valence-electron chi connectivity index (χ4n) is 2.06. The van der Waals surface area contributed by atoms with Crippen molar-refractivity contribution in [2.45, 2.75) is 43.0 Å². The van der Waals surface area contributed by atoms with Crippen molar-refractivity contribution in [3.63, 3.8) is 0 Å². The average molecular weight is 336 g/mol. The maximum atomic E-state index is 12.4. The maximum absolute atomic E-state index is 12.4. The van der Waals surface area contributed by atoms with Crippen LogP contribution in [0.25, 0.3) is 0 Å². The fourth-order valence-corrected chi connectivity index (χ4v) is 2.87. The van der Waals surface area contributed by atoms with Crippen LogP contribution >= 0.6 is 11.8 Å². The standard InChI is InChI=1S/C16H20N2O4S/c1-2-5-13(19)22-10-23-12-7-4-3-6-11(12)14(20)18-16(8-9-16)15(17)21/h3-4,6-7H,2,5,8-10H2,1H3,(H2,17,21)(H,18,20). The summed E-state index contributed by atoms with van der Waals surface area (Å²) in [5.41, 5.74) is 4.86. The normalized spacial score (nSPS) is 14.8. The largest absolute Gasteiger partial charge is 0.454 e. The van der Waals surface area contributed by atoms with Crippen molar-refractivity contribution in [2.75, 3.05) is 5.94 Å². The van der Waals surface area contributed by atoms with Gasteiger partial charge in [-0.25, -0.2) is 0 Å². The first-order chi connectivity index (χ1) is 11.0. The molecule has 0 atom stereocenters. The van der Waals surface area contributed by atoms with Crippen LogP contribution in [0, 0.1) is 0 Å². The van der Waals surface area contributed by atoms with Crippen molar-refractivity contribution in [1.29, 1.82) is 0 Å². The predicted molar refractivity (Wildman–Crippen MR) is 86.8 cm³/mol. The Kier molecular flexibility index (Phi) is 5.65. The minimum Gasteiger partial charge on any atom is -0.454 e. The molecule has 1 fully saturated rings. The van der Waals surface area contributed by atoms with Crippen LogP contribution in [0.3, 0.4) is 0 Å². The molecule has 2 amide bonds. The lowest BCUT2D eigenvalue weighted by atomic mass is 10.1. The summed E-state index contributed by atoms with van der Waals surface area (Å²) < 4.78 is 5.09. The number of rotatable bonds is 8. The summed E-state index contributed by atoms with van der Waals surface area (Å²) in [6, 6.07) is 6.99. The van der Waals surface area contributed by atoms with Gasteiger partial charge in [-0.1, -0.05) is 30.8 Å². The van der Waals surface area contributed by atoms with Crippen LogP contribution < -0.4 is 11.1 Å². The summed E-state index contributed by atoms with van der Waals surface area (Å²) in [7, 11) is 0. The third-order valence-corrected chi connectivity index (χ3v) is 4.50. The molecule has 0 aliphatic heterocycles. The number of nitrogens with one attached hydrogen (secondary N) is 1. The number of hydrogen-bond acceptors (Lipinski definition) is 5.